The van der Waals surface area contributed by atoms with Gasteiger partial charge in [-0.25, -0.2) is 4.79 Å². The maximum Gasteiger partial charge on any atom is 0.332 e. The Morgan fingerprint density at radius 2 is 1.52 bits per heavy atom. The number of rotatable bonds is 20. The summed E-state index contributed by atoms with van der Waals surface area (Å²) in [5, 5.41) is 12.3. The third-order valence-corrected chi connectivity index (χ3v) is 8.54. The number of hydrogen-bond donors (Lipinski definition) is 0. The number of carbonyl (C=O) groups excluding carboxylic acids is 1. The van der Waals surface area contributed by atoms with Crippen molar-refractivity contribution in [3.05, 3.63) is 81.4 Å². The number of pyridine rings is 1. The van der Waals surface area contributed by atoms with Crippen molar-refractivity contribution in [2.45, 2.75) is 26.4 Å². The van der Waals surface area contributed by atoms with Crippen LogP contribution in [0.5, 0.6) is 17.2 Å². The van der Waals surface area contributed by atoms with Crippen LogP contribution >= 0.6 is 30.3 Å². The summed E-state index contributed by atoms with van der Waals surface area (Å²) in [6.07, 6.45) is 3.45. The number of ether oxygens (including phenoxy) is 7. The Labute approximate surface area is 305 Å². The first kappa shape index (κ1) is 39.1. The number of aryl methyl sites for hydroxylation is 1. The van der Waals surface area contributed by atoms with E-state index in [1.165, 1.54) is 25.8 Å². The lowest BCUT2D eigenvalue weighted by atomic mass is 10.0. The topological polar surface area (TPSA) is 152 Å². The van der Waals surface area contributed by atoms with Crippen LogP contribution in [0.25, 0.3) is 22.0 Å². The second-order valence-electron chi connectivity index (χ2n) is 11.8. The number of hydrogen-bond acceptors (Lipinski definition) is 12. The smallest absolute Gasteiger partial charge is 0.332 e. The third-order valence-electron chi connectivity index (χ3n) is 6.81. The van der Waals surface area contributed by atoms with Crippen molar-refractivity contribution in [1.29, 1.82) is 0 Å². The van der Waals surface area contributed by atoms with Gasteiger partial charge in [-0.05, 0) is 45.0 Å². The van der Waals surface area contributed by atoms with E-state index in [9.17, 15) is 19.7 Å². The Morgan fingerprint density at radius 1 is 0.880 bits per heavy atom. The van der Waals surface area contributed by atoms with Crippen molar-refractivity contribution in [1.82, 2.24) is 8.54 Å². The molecule has 50 heavy (non-hydrogen) atoms. The number of non-ortho nitro benzene ring substituents is 1. The molecule has 4 aromatic rings. The van der Waals surface area contributed by atoms with Crippen molar-refractivity contribution in [3.63, 3.8) is 0 Å². The highest BCUT2D eigenvalue weighted by molar-refractivity contribution is 14.2. The predicted octanol–water partition coefficient (Wildman–Crippen LogP) is 6.34. The Balaban J connectivity index is 1.22. The molecular weight excluding hydrogens is 785 g/mol. The van der Waals surface area contributed by atoms with Gasteiger partial charge in [0.1, 0.15) is 41.6 Å². The minimum atomic E-state index is -0.539. The summed E-state index contributed by atoms with van der Waals surface area (Å²) in [5.41, 5.74) is 0.724. The lowest BCUT2D eigenvalue weighted by molar-refractivity contribution is -0.384. The van der Waals surface area contributed by atoms with Gasteiger partial charge in [-0.15, -0.1) is 0 Å². The van der Waals surface area contributed by atoms with Gasteiger partial charge < -0.3 is 37.7 Å². The molecule has 0 N–H and O–H groups in total. The van der Waals surface area contributed by atoms with Crippen LogP contribution in [-0.4, -0.2) is 84.5 Å². The van der Waals surface area contributed by atoms with Gasteiger partial charge in [-0.2, -0.15) is 0 Å². The van der Waals surface area contributed by atoms with Crippen LogP contribution in [0.1, 0.15) is 20.8 Å². The number of aromatic nitrogens is 2. The van der Waals surface area contributed by atoms with Crippen molar-refractivity contribution in [2.75, 3.05) is 59.5 Å². The molecule has 14 nitrogen and oxygen atoms in total. The molecule has 0 aliphatic heterocycles. The average molecular weight is 826 g/mol. The molecule has 0 spiro atoms. The Kier molecular flexibility index (Phi) is 14.9. The van der Waals surface area contributed by atoms with Crippen LogP contribution in [-0.2, 0) is 35.5 Å². The SMILES string of the molecule is Cn1cc(-c2cc([N+](=O)[O-])ccc2Oc2cccc(OCCOCCOCCOCCOCC(=O)OC(C)(C)C)c2)c2ccn(SI)c2c1=O. The van der Waals surface area contributed by atoms with E-state index in [4.69, 9.17) is 33.2 Å². The third kappa shape index (κ3) is 11.7. The van der Waals surface area contributed by atoms with Gasteiger partial charge in [-0.1, -0.05) is 6.07 Å². The zero-order valence-electron chi connectivity index (χ0n) is 28.3. The molecule has 0 aliphatic carbocycles. The average Bonchev–Trinajstić information content (AvgIpc) is 3.51. The number of benzene rings is 2. The maximum atomic E-state index is 13.0. The predicted molar refractivity (Wildman–Crippen MR) is 197 cm³/mol. The van der Waals surface area contributed by atoms with Crippen LogP contribution in [0, 0.1) is 10.1 Å². The number of nitro groups is 1. The molecule has 2 aromatic carbocycles. The van der Waals surface area contributed by atoms with Crippen molar-refractivity contribution >= 4 is 52.9 Å². The van der Waals surface area contributed by atoms with E-state index in [1.54, 1.807) is 74.5 Å². The summed E-state index contributed by atoms with van der Waals surface area (Å²) in [6.45, 7) is 8.09. The minimum absolute atomic E-state index is 0.105. The molecule has 0 unspecified atom stereocenters. The molecule has 0 amide bonds. The normalized spacial score (nSPS) is 11.5. The van der Waals surface area contributed by atoms with E-state index in [0.717, 1.165) is 0 Å². The van der Waals surface area contributed by atoms with E-state index >= 15 is 0 Å². The molecule has 4 rings (SSSR count). The fourth-order valence-corrected chi connectivity index (χ4v) is 6.03. The van der Waals surface area contributed by atoms with Crippen molar-refractivity contribution in [2.24, 2.45) is 7.05 Å². The van der Waals surface area contributed by atoms with E-state index < -0.39 is 16.5 Å². The largest absolute Gasteiger partial charge is 0.491 e. The van der Waals surface area contributed by atoms with Gasteiger partial charge in [-0.3, -0.25) is 18.9 Å². The minimum Gasteiger partial charge on any atom is -0.491 e. The van der Waals surface area contributed by atoms with Crippen molar-refractivity contribution in [3.8, 4) is 28.4 Å². The van der Waals surface area contributed by atoms with Crippen LogP contribution in [0.4, 0.5) is 5.69 Å². The molecule has 0 radical (unpaired) electrons. The summed E-state index contributed by atoms with van der Waals surface area (Å²) in [4.78, 5) is 35.8. The molecule has 2 aromatic heterocycles. The molecule has 0 saturated carbocycles. The van der Waals surface area contributed by atoms with E-state index in [2.05, 4.69) is 21.2 Å². The molecular formula is C34H40IN3O11S. The van der Waals surface area contributed by atoms with Gasteiger partial charge in [0.05, 0.1) is 51.2 Å². The molecule has 2 heterocycles. The zero-order valence-corrected chi connectivity index (χ0v) is 31.2. The standard InChI is InChI=1S/C34H40IN3O11S/c1-34(2,3)49-31(39)23-46-17-16-44-13-12-43-14-15-45-18-19-47-25-6-5-7-26(21-25)48-30-9-8-24(38(41)42)20-28(30)29-22-36(4)33(40)32-27(29)10-11-37(32)50-35/h5-11,20-22H,12-19,23H2,1-4H3. The summed E-state index contributed by atoms with van der Waals surface area (Å²) in [6, 6.07) is 13.2. The number of fused-ring (bicyclic) bond motifs is 1. The quantitative estimate of drug-likeness (QED) is 0.0322. The Morgan fingerprint density at radius 3 is 2.16 bits per heavy atom. The van der Waals surface area contributed by atoms with Gasteiger partial charge in [0.25, 0.3) is 11.2 Å². The Hall–Kier alpha value is -3.68. The number of esters is 1. The molecule has 270 valence electrons. The number of nitro benzene ring substituents is 1. The van der Waals surface area contributed by atoms with Gasteiger partial charge >= 0.3 is 5.97 Å². The second-order valence-corrected chi connectivity index (χ2v) is 13.5. The highest BCUT2D eigenvalue weighted by Gasteiger charge is 2.20. The first-order valence-corrected chi connectivity index (χ1v) is 19.0. The lowest BCUT2D eigenvalue weighted by Crippen LogP contribution is -2.27. The monoisotopic (exact) mass is 825 g/mol. The molecule has 0 saturated heterocycles. The van der Waals surface area contributed by atoms with Gasteiger partial charge in [0.15, 0.2) is 0 Å². The highest BCUT2D eigenvalue weighted by atomic mass is 127. The molecule has 0 atom stereocenters. The summed E-state index contributed by atoms with van der Waals surface area (Å²) in [7, 11) is 3.00. The lowest BCUT2D eigenvalue weighted by Gasteiger charge is -2.19. The molecule has 0 bridgehead atoms. The molecule has 16 heteroatoms. The maximum absolute atomic E-state index is 13.0. The first-order chi connectivity index (χ1) is 24.0. The highest BCUT2D eigenvalue weighted by Crippen LogP contribution is 2.40. The Bertz CT molecular complexity index is 1810. The number of halogens is 1. The zero-order chi connectivity index (χ0) is 36.1. The van der Waals surface area contributed by atoms with E-state index in [-0.39, 0.29) is 24.5 Å². The molecule has 0 aliphatic rings. The molecule has 0 fully saturated rings. The second kappa shape index (κ2) is 19.1. The summed E-state index contributed by atoms with van der Waals surface area (Å²) in [5.74, 6) is 0.984. The van der Waals surface area contributed by atoms with Gasteiger partial charge in [0.2, 0.25) is 0 Å². The van der Waals surface area contributed by atoms with Gasteiger partial charge in [0, 0.05) is 84.5 Å². The van der Waals surface area contributed by atoms with Crippen LogP contribution in [0.15, 0.2) is 65.7 Å². The fraction of sp³-hybridized carbons (Fsp3) is 0.412. The number of carbonyl (C=O) groups is 1. The van der Waals surface area contributed by atoms with Crippen LogP contribution in [0.2, 0.25) is 0 Å². The summed E-state index contributed by atoms with van der Waals surface area (Å²) >= 11 is 2.10. The van der Waals surface area contributed by atoms with Crippen LogP contribution in [0.3, 0.4) is 0 Å². The van der Waals surface area contributed by atoms with E-state index in [0.29, 0.717) is 85.5 Å². The fourth-order valence-electron chi connectivity index (χ4n) is 4.69. The summed E-state index contributed by atoms with van der Waals surface area (Å²) < 4.78 is 42.2. The van der Waals surface area contributed by atoms with Crippen LogP contribution < -0.4 is 15.0 Å². The van der Waals surface area contributed by atoms with Crippen molar-refractivity contribution < 1.29 is 42.9 Å². The first-order valence-electron chi connectivity index (χ1n) is 15.7. The number of nitrogens with zero attached hydrogens (tertiary/aromatic N) is 3. The van der Waals surface area contributed by atoms with E-state index in [1.807, 2.05) is 6.07 Å².